The topological polar surface area (TPSA) is 39.2 Å². The van der Waals surface area contributed by atoms with Crippen molar-refractivity contribution in [1.29, 1.82) is 0 Å². The third kappa shape index (κ3) is 6.10. The van der Waals surface area contributed by atoms with Crippen molar-refractivity contribution in [1.82, 2.24) is 4.98 Å². The van der Waals surface area contributed by atoms with Crippen molar-refractivity contribution in [2.45, 2.75) is 49.4 Å². The SMILES string of the molecule is CCC(Sc1ccc(CCC(=O)OC)c(C)c1)c1ccc2nc(-c3ccc(C(F)(F)F)cc3)sc2c1. The Morgan fingerprint density at radius 2 is 1.83 bits per heavy atom. The van der Waals surface area contributed by atoms with Crippen LogP contribution in [-0.2, 0) is 22.1 Å². The fourth-order valence-electron chi connectivity index (χ4n) is 3.98. The van der Waals surface area contributed by atoms with Crippen LogP contribution in [-0.4, -0.2) is 18.1 Å². The number of aryl methyl sites for hydroxylation is 2. The van der Waals surface area contributed by atoms with Gasteiger partial charge in [0.25, 0.3) is 0 Å². The van der Waals surface area contributed by atoms with Crippen LogP contribution >= 0.6 is 23.1 Å². The highest BCUT2D eigenvalue weighted by molar-refractivity contribution is 7.99. The number of thioether (sulfide) groups is 1. The number of alkyl halides is 3. The Labute approximate surface area is 216 Å². The van der Waals surface area contributed by atoms with Gasteiger partial charge in [-0.15, -0.1) is 23.1 Å². The zero-order chi connectivity index (χ0) is 25.9. The van der Waals surface area contributed by atoms with E-state index in [9.17, 15) is 18.0 Å². The third-order valence-corrected chi connectivity index (χ3v) is 8.52. The number of benzene rings is 3. The summed E-state index contributed by atoms with van der Waals surface area (Å²) in [7, 11) is 1.40. The first kappa shape index (κ1) is 26.2. The highest BCUT2D eigenvalue weighted by atomic mass is 32.2. The molecule has 0 aliphatic heterocycles. The number of methoxy groups -OCH3 is 1. The minimum Gasteiger partial charge on any atom is -0.469 e. The highest BCUT2D eigenvalue weighted by Crippen LogP contribution is 2.41. The predicted octanol–water partition coefficient (Wildman–Crippen LogP) is 8.64. The molecule has 188 valence electrons. The number of thiazole rings is 1. The van der Waals surface area contributed by atoms with E-state index >= 15 is 0 Å². The Bertz CT molecular complexity index is 1360. The van der Waals surface area contributed by atoms with Gasteiger partial charge in [0.1, 0.15) is 5.01 Å². The fourth-order valence-corrected chi connectivity index (χ4v) is 6.17. The van der Waals surface area contributed by atoms with Crippen LogP contribution in [0.4, 0.5) is 13.2 Å². The summed E-state index contributed by atoms with van der Waals surface area (Å²) in [6.07, 6.45) is -2.39. The van der Waals surface area contributed by atoms with Crippen molar-refractivity contribution < 1.29 is 22.7 Å². The summed E-state index contributed by atoms with van der Waals surface area (Å²) in [6.45, 7) is 4.21. The molecule has 0 saturated heterocycles. The molecule has 0 aliphatic rings. The van der Waals surface area contributed by atoms with E-state index in [0.717, 1.165) is 44.8 Å². The molecule has 0 amide bonds. The molecule has 0 N–H and O–H groups in total. The first-order valence-corrected chi connectivity index (χ1v) is 13.3. The van der Waals surface area contributed by atoms with Crippen molar-refractivity contribution in [2.75, 3.05) is 7.11 Å². The van der Waals surface area contributed by atoms with Crippen LogP contribution in [0.2, 0.25) is 0 Å². The fraction of sp³-hybridized carbons (Fsp3) is 0.286. The van der Waals surface area contributed by atoms with E-state index in [0.29, 0.717) is 23.4 Å². The van der Waals surface area contributed by atoms with Gasteiger partial charge in [-0.1, -0.05) is 31.2 Å². The van der Waals surface area contributed by atoms with E-state index in [2.05, 4.69) is 49.2 Å². The van der Waals surface area contributed by atoms with E-state index in [1.54, 1.807) is 11.8 Å². The number of ether oxygens (including phenoxy) is 1. The number of hydrogen-bond donors (Lipinski definition) is 0. The largest absolute Gasteiger partial charge is 0.469 e. The Balaban J connectivity index is 1.52. The van der Waals surface area contributed by atoms with Crippen molar-refractivity contribution in [2.24, 2.45) is 0 Å². The summed E-state index contributed by atoms with van der Waals surface area (Å²) in [6, 6.07) is 17.7. The number of esters is 1. The number of aromatic nitrogens is 1. The van der Waals surface area contributed by atoms with Gasteiger partial charge < -0.3 is 4.74 Å². The van der Waals surface area contributed by atoms with Gasteiger partial charge in [-0.3, -0.25) is 4.79 Å². The van der Waals surface area contributed by atoms with E-state index in [1.807, 2.05) is 6.07 Å². The van der Waals surface area contributed by atoms with Crippen molar-refractivity contribution in [3.8, 4) is 10.6 Å². The van der Waals surface area contributed by atoms with Gasteiger partial charge in [-0.25, -0.2) is 4.98 Å². The molecule has 1 unspecified atom stereocenters. The quantitative estimate of drug-likeness (QED) is 0.169. The molecule has 0 saturated carbocycles. The Morgan fingerprint density at radius 3 is 2.47 bits per heavy atom. The molecular weight excluding hydrogens is 503 g/mol. The molecule has 0 aliphatic carbocycles. The summed E-state index contributed by atoms with van der Waals surface area (Å²) in [5.41, 5.74) is 4.32. The first-order valence-electron chi connectivity index (χ1n) is 11.6. The molecule has 36 heavy (non-hydrogen) atoms. The zero-order valence-corrected chi connectivity index (χ0v) is 21.8. The van der Waals surface area contributed by atoms with Gasteiger partial charge in [0.05, 0.1) is 22.9 Å². The van der Waals surface area contributed by atoms with Crippen LogP contribution < -0.4 is 0 Å². The molecule has 8 heteroatoms. The minimum atomic E-state index is -4.35. The van der Waals surface area contributed by atoms with Gasteiger partial charge >= 0.3 is 12.1 Å². The molecular formula is C28H26F3NO2S2. The average Bonchev–Trinajstić information content (AvgIpc) is 3.29. The van der Waals surface area contributed by atoms with Crippen LogP contribution in [0.3, 0.4) is 0 Å². The van der Waals surface area contributed by atoms with Gasteiger partial charge in [0, 0.05) is 22.1 Å². The number of nitrogens with zero attached hydrogens (tertiary/aromatic N) is 1. The summed E-state index contributed by atoms with van der Waals surface area (Å²) >= 11 is 3.28. The van der Waals surface area contributed by atoms with Crippen LogP contribution in [0.1, 0.15) is 47.3 Å². The smallest absolute Gasteiger partial charge is 0.416 e. The number of hydrogen-bond acceptors (Lipinski definition) is 5. The second-order valence-corrected chi connectivity index (χ2v) is 10.8. The van der Waals surface area contributed by atoms with Crippen LogP contribution in [0.25, 0.3) is 20.8 Å². The summed E-state index contributed by atoms with van der Waals surface area (Å²) in [4.78, 5) is 17.3. The molecule has 1 heterocycles. The molecule has 0 spiro atoms. The first-order chi connectivity index (χ1) is 17.2. The maximum Gasteiger partial charge on any atom is 0.416 e. The molecule has 4 rings (SSSR count). The molecule has 4 aromatic rings. The summed E-state index contributed by atoms with van der Waals surface area (Å²) in [5.74, 6) is -0.209. The van der Waals surface area contributed by atoms with Gasteiger partial charge in [0.2, 0.25) is 0 Å². The lowest BCUT2D eigenvalue weighted by atomic mass is 10.0. The average molecular weight is 530 g/mol. The van der Waals surface area contributed by atoms with Crippen molar-refractivity contribution in [3.63, 3.8) is 0 Å². The molecule has 1 atom stereocenters. The molecule has 0 bridgehead atoms. The van der Waals surface area contributed by atoms with Gasteiger partial charge in [0.15, 0.2) is 0 Å². The lowest BCUT2D eigenvalue weighted by Gasteiger charge is -2.16. The lowest BCUT2D eigenvalue weighted by molar-refractivity contribution is -0.140. The normalized spacial score (nSPS) is 12.6. The van der Waals surface area contributed by atoms with Crippen LogP contribution in [0.15, 0.2) is 65.6 Å². The van der Waals surface area contributed by atoms with Crippen LogP contribution in [0, 0.1) is 6.92 Å². The standard InChI is InChI=1S/C28H26F3NO2S2/c1-4-24(35-22-12-7-18(17(2)15-22)9-14-26(33)34-3)20-8-13-23-25(16-20)36-27(32-23)19-5-10-21(11-6-19)28(29,30)31/h5-8,10-13,15-16,24H,4,9,14H2,1-3H3. The lowest BCUT2D eigenvalue weighted by Crippen LogP contribution is -2.03. The molecule has 0 radical (unpaired) electrons. The van der Waals surface area contributed by atoms with Crippen molar-refractivity contribution in [3.05, 3.63) is 82.9 Å². The Morgan fingerprint density at radius 1 is 1.08 bits per heavy atom. The van der Waals surface area contributed by atoms with E-state index in [4.69, 9.17) is 4.74 Å². The number of rotatable bonds is 8. The maximum absolute atomic E-state index is 12.9. The van der Waals surface area contributed by atoms with Gasteiger partial charge in [-0.05, 0) is 72.9 Å². The maximum atomic E-state index is 12.9. The third-order valence-electron chi connectivity index (χ3n) is 6.03. The molecule has 3 nitrogen and oxygen atoms in total. The molecule has 1 aromatic heterocycles. The van der Waals surface area contributed by atoms with Crippen molar-refractivity contribution >= 4 is 39.3 Å². The summed E-state index contributed by atoms with van der Waals surface area (Å²) < 4.78 is 44.4. The van der Waals surface area contributed by atoms with Crippen LogP contribution in [0.5, 0.6) is 0 Å². The number of carbonyl (C=O) groups is 1. The van der Waals surface area contributed by atoms with E-state index in [1.165, 1.54) is 36.1 Å². The zero-order valence-electron chi connectivity index (χ0n) is 20.2. The highest BCUT2D eigenvalue weighted by Gasteiger charge is 2.30. The number of halogens is 3. The second-order valence-electron chi connectivity index (χ2n) is 8.50. The predicted molar refractivity (Wildman–Crippen MR) is 140 cm³/mol. The Hall–Kier alpha value is -2.84. The Kier molecular flexibility index (Phi) is 8.05. The second kappa shape index (κ2) is 11.0. The monoisotopic (exact) mass is 529 g/mol. The van der Waals surface area contributed by atoms with E-state index in [-0.39, 0.29) is 11.2 Å². The molecule has 0 fully saturated rings. The number of carbonyl (C=O) groups excluding carboxylic acids is 1. The number of fused-ring (bicyclic) bond motifs is 1. The summed E-state index contributed by atoms with van der Waals surface area (Å²) in [5, 5.41) is 0.945. The molecule has 3 aromatic carbocycles. The minimum absolute atomic E-state index is 0.209. The van der Waals surface area contributed by atoms with E-state index < -0.39 is 11.7 Å². The van der Waals surface area contributed by atoms with Gasteiger partial charge in [-0.2, -0.15) is 13.2 Å².